The summed E-state index contributed by atoms with van der Waals surface area (Å²) >= 11 is 1.62. The van der Waals surface area contributed by atoms with E-state index < -0.39 is 0 Å². The number of aryl methyl sites for hydroxylation is 2. The fourth-order valence-electron chi connectivity index (χ4n) is 4.97. The number of rotatable bonds is 9. The molecule has 1 amide bonds. The van der Waals surface area contributed by atoms with Crippen molar-refractivity contribution < 1.29 is 9.53 Å². The highest BCUT2D eigenvalue weighted by Crippen LogP contribution is 2.34. The first-order valence-electron chi connectivity index (χ1n) is 13.2. The summed E-state index contributed by atoms with van der Waals surface area (Å²) in [5, 5.41) is 0.798. The van der Waals surface area contributed by atoms with Crippen LogP contribution in [0.25, 0.3) is 10.2 Å². The van der Waals surface area contributed by atoms with Gasteiger partial charge in [0.2, 0.25) is 5.91 Å². The monoisotopic (exact) mass is 513 g/mol. The summed E-state index contributed by atoms with van der Waals surface area (Å²) < 4.78 is 6.63. The number of hydrogen-bond acceptors (Lipinski definition) is 5. The molecule has 1 aliphatic heterocycles. The molecule has 1 saturated heterocycles. The molecule has 0 spiro atoms. The van der Waals surface area contributed by atoms with E-state index in [4.69, 9.17) is 9.72 Å². The number of thiazole rings is 1. The first-order chi connectivity index (χ1) is 18.1. The smallest absolute Gasteiger partial charge is 0.229 e. The van der Waals surface area contributed by atoms with Crippen LogP contribution >= 0.6 is 11.3 Å². The van der Waals surface area contributed by atoms with Crippen LogP contribution in [0.3, 0.4) is 0 Å². The van der Waals surface area contributed by atoms with Gasteiger partial charge < -0.3 is 4.74 Å². The molecule has 5 nitrogen and oxygen atoms in total. The van der Waals surface area contributed by atoms with Crippen LogP contribution < -0.4 is 4.90 Å². The molecule has 1 fully saturated rings. The zero-order valence-corrected chi connectivity index (χ0v) is 22.5. The lowest BCUT2D eigenvalue weighted by Crippen LogP contribution is -2.39. The summed E-state index contributed by atoms with van der Waals surface area (Å²) in [6.07, 6.45) is 1.31. The number of hydrogen-bond donors (Lipinski definition) is 0. The Kier molecular flexibility index (Phi) is 8.29. The van der Waals surface area contributed by atoms with Crippen molar-refractivity contribution in [2.75, 3.05) is 44.3 Å². The first kappa shape index (κ1) is 25.6. The van der Waals surface area contributed by atoms with Gasteiger partial charge in [0.1, 0.15) is 0 Å². The maximum Gasteiger partial charge on any atom is 0.229 e. The SMILES string of the molecule is Cc1cc2nc(N(CCCN3CCOCC3)C(=O)CC(c3ccccc3)c3ccccc3)sc2cc1C. The largest absolute Gasteiger partial charge is 0.379 e. The van der Waals surface area contributed by atoms with Crippen molar-refractivity contribution in [1.82, 2.24) is 9.88 Å². The summed E-state index contributed by atoms with van der Waals surface area (Å²) in [5.41, 5.74) is 5.76. The van der Waals surface area contributed by atoms with Gasteiger partial charge in [-0.15, -0.1) is 0 Å². The molecular weight excluding hydrogens is 478 g/mol. The summed E-state index contributed by atoms with van der Waals surface area (Å²) in [6, 6.07) is 25.1. The van der Waals surface area contributed by atoms with Gasteiger partial charge in [-0.1, -0.05) is 72.0 Å². The molecule has 0 N–H and O–H groups in total. The highest BCUT2D eigenvalue weighted by molar-refractivity contribution is 7.22. The van der Waals surface area contributed by atoms with Gasteiger partial charge in [0.05, 0.1) is 23.4 Å². The Morgan fingerprint density at radius 1 is 0.973 bits per heavy atom. The molecule has 1 aromatic heterocycles. The Morgan fingerprint density at radius 3 is 2.24 bits per heavy atom. The van der Waals surface area contributed by atoms with Crippen LogP contribution in [0, 0.1) is 13.8 Å². The second-order valence-electron chi connectivity index (χ2n) is 9.83. The van der Waals surface area contributed by atoms with Crippen molar-refractivity contribution in [1.29, 1.82) is 0 Å². The fraction of sp³-hybridized carbons (Fsp3) is 0.355. The van der Waals surface area contributed by atoms with E-state index in [-0.39, 0.29) is 11.8 Å². The molecule has 0 radical (unpaired) electrons. The summed E-state index contributed by atoms with van der Waals surface area (Å²) in [5.74, 6) is 0.114. The lowest BCUT2D eigenvalue weighted by atomic mass is 9.88. The van der Waals surface area contributed by atoms with Gasteiger partial charge in [0.25, 0.3) is 0 Å². The number of nitrogens with zero attached hydrogens (tertiary/aromatic N) is 3. The average molecular weight is 514 g/mol. The van der Waals surface area contributed by atoms with Crippen LogP contribution in [0.2, 0.25) is 0 Å². The van der Waals surface area contributed by atoms with Gasteiger partial charge in [-0.05, 0) is 54.7 Å². The molecule has 3 aromatic carbocycles. The third-order valence-corrected chi connectivity index (χ3v) is 8.31. The molecule has 0 saturated carbocycles. The van der Waals surface area contributed by atoms with E-state index in [9.17, 15) is 4.79 Å². The van der Waals surface area contributed by atoms with Gasteiger partial charge in [-0.25, -0.2) is 4.98 Å². The van der Waals surface area contributed by atoms with Crippen LogP contribution in [0.4, 0.5) is 5.13 Å². The number of carbonyl (C=O) groups excluding carboxylic acids is 1. The van der Waals surface area contributed by atoms with Crippen molar-refractivity contribution in [3.63, 3.8) is 0 Å². The Bertz CT molecular complexity index is 1240. The number of amides is 1. The number of anilines is 1. The Balaban J connectivity index is 1.42. The predicted octanol–water partition coefficient (Wildman–Crippen LogP) is 6.19. The third-order valence-electron chi connectivity index (χ3n) is 7.27. The zero-order chi connectivity index (χ0) is 25.6. The molecule has 0 unspecified atom stereocenters. The van der Waals surface area contributed by atoms with Crippen molar-refractivity contribution in [3.05, 3.63) is 95.1 Å². The van der Waals surface area contributed by atoms with E-state index in [1.54, 1.807) is 11.3 Å². The minimum absolute atomic E-state index is 0.00416. The van der Waals surface area contributed by atoms with E-state index >= 15 is 0 Å². The lowest BCUT2D eigenvalue weighted by Gasteiger charge is -2.28. The predicted molar refractivity (Wildman–Crippen MR) is 153 cm³/mol. The Hall–Kier alpha value is -3.06. The Labute approximate surface area is 223 Å². The second kappa shape index (κ2) is 12.0. The quantitative estimate of drug-likeness (QED) is 0.268. The first-order valence-corrected chi connectivity index (χ1v) is 14.0. The van der Waals surface area contributed by atoms with Gasteiger partial charge in [0, 0.05) is 38.5 Å². The molecule has 6 heteroatoms. The number of morpholine rings is 1. The van der Waals surface area contributed by atoms with Crippen LogP contribution in [0.15, 0.2) is 72.8 Å². The van der Waals surface area contributed by atoms with Crippen molar-refractivity contribution in [3.8, 4) is 0 Å². The third kappa shape index (κ3) is 6.27. The molecule has 0 aliphatic carbocycles. The molecule has 4 aromatic rings. The molecule has 5 rings (SSSR count). The molecule has 37 heavy (non-hydrogen) atoms. The molecule has 1 aliphatic rings. The van der Waals surface area contributed by atoms with Crippen molar-refractivity contribution in [2.45, 2.75) is 32.6 Å². The number of fused-ring (bicyclic) bond motifs is 1. The van der Waals surface area contributed by atoms with Gasteiger partial charge in [-0.3, -0.25) is 14.6 Å². The highest BCUT2D eigenvalue weighted by atomic mass is 32.1. The number of aromatic nitrogens is 1. The maximum absolute atomic E-state index is 14.1. The number of ether oxygens (including phenoxy) is 1. The maximum atomic E-state index is 14.1. The van der Waals surface area contributed by atoms with Gasteiger partial charge in [0.15, 0.2) is 5.13 Å². The minimum atomic E-state index is -0.00416. The van der Waals surface area contributed by atoms with Gasteiger partial charge >= 0.3 is 0 Å². The Morgan fingerprint density at radius 2 is 1.59 bits per heavy atom. The average Bonchev–Trinajstić information content (AvgIpc) is 3.33. The molecular formula is C31H35N3O2S. The number of benzene rings is 3. The van der Waals surface area contributed by atoms with Crippen LogP contribution in [0.5, 0.6) is 0 Å². The van der Waals surface area contributed by atoms with E-state index in [0.717, 1.165) is 65.7 Å². The van der Waals surface area contributed by atoms with E-state index in [2.05, 4.69) is 55.1 Å². The molecule has 0 atom stereocenters. The second-order valence-corrected chi connectivity index (χ2v) is 10.8. The van der Waals surface area contributed by atoms with E-state index in [1.807, 2.05) is 41.3 Å². The minimum Gasteiger partial charge on any atom is -0.379 e. The molecule has 2 heterocycles. The summed E-state index contributed by atoms with van der Waals surface area (Å²) in [4.78, 5) is 23.4. The summed E-state index contributed by atoms with van der Waals surface area (Å²) in [6.45, 7) is 9.34. The van der Waals surface area contributed by atoms with Crippen LogP contribution in [-0.4, -0.2) is 55.2 Å². The zero-order valence-electron chi connectivity index (χ0n) is 21.7. The number of carbonyl (C=O) groups is 1. The van der Waals surface area contributed by atoms with E-state index in [0.29, 0.717) is 13.0 Å². The van der Waals surface area contributed by atoms with Crippen molar-refractivity contribution >= 4 is 32.6 Å². The van der Waals surface area contributed by atoms with Gasteiger partial charge in [-0.2, -0.15) is 0 Å². The summed E-state index contributed by atoms with van der Waals surface area (Å²) in [7, 11) is 0. The lowest BCUT2D eigenvalue weighted by molar-refractivity contribution is -0.118. The molecule has 192 valence electrons. The van der Waals surface area contributed by atoms with Crippen molar-refractivity contribution in [2.24, 2.45) is 0 Å². The fourth-order valence-corrected chi connectivity index (χ4v) is 6.06. The van der Waals surface area contributed by atoms with Crippen LogP contribution in [-0.2, 0) is 9.53 Å². The normalized spacial score (nSPS) is 14.4. The topological polar surface area (TPSA) is 45.7 Å². The van der Waals surface area contributed by atoms with Crippen LogP contribution in [0.1, 0.15) is 41.0 Å². The molecule has 0 bridgehead atoms. The highest BCUT2D eigenvalue weighted by Gasteiger charge is 2.25. The standard InChI is InChI=1S/C31H35N3O2S/c1-23-20-28-29(21-24(23)2)37-31(32-28)34(15-9-14-33-16-18-36-19-17-33)30(35)22-27(25-10-5-3-6-11-25)26-12-7-4-8-13-26/h3-8,10-13,20-21,27H,9,14-19,22H2,1-2H3. The van der Waals surface area contributed by atoms with E-state index in [1.165, 1.54) is 11.1 Å².